The molecule has 2 aromatic heterocycles. The predicted molar refractivity (Wildman–Crippen MR) is 80.0 cm³/mol. The van der Waals surface area contributed by atoms with Crippen molar-refractivity contribution in [2.24, 2.45) is 0 Å². The van der Waals surface area contributed by atoms with Gasteiger partial charge in [-0.25, -0.2) is 4.98 Å². The zero-order chi connectivity index (χ0) is 14.5. The van der Waals surface area contributed by atoms with Gasteiger partial charge in [0.2, 0.25) is 11.9 Å². The van der Waals surface area contributed by atoms with Crippen LogP contribution in [0, 0.1) is 0 Å². The summed E-state index contributed by atoms with van der Waals surface area (Å²) in [7, 11) is 3.39. The summed E-state index contributed by atoms with van der Waals surface area (Å²) in [5.74, 6) is 0.780. The number of carbonyl (C=O) groups excluding carboxylic acids is 1. The monoisotopic (exact) mass is 295 g/mol. The van der Waals surface area contributed by atoms with E-state index < -0.39 is 0 Å². The van der Waals surface area contributed by atoms with Gasteiger partial charge in [-0.3, -0.25) is 4.79 Å². The van der Waals surface area contributed by atoms with Gasteiger partial charge in [-0.1, -0.05) is 0 Å². The number of ether oxygens (including phenoxy) is 1. The van der Waals surface area contributed by atoms with E-state index in [-0.39, 0.29) is 18.4 Å². The van der Waals surface area contributed by atoms with E-state index >= 15 is 0 Å². The number of nitrogens with zero attached hydrogens (tertiary/aromatic N) is 3. The van der Waals surface area contributed by atoms with Crippen LogP contribution in [0.4, 0.5) is 11.8 Å². The maximum Gasteiger partial charge on any atom is 0.239 e. The van der Waals surface area contributed by atoms with Crippen LogP contribution in [0.25, 0.3) is 10.2 Å². The summed E-state index contributed by atoms with van der Waals surface area (Å²) >= 11 is 1.49. The molecule has 2 heterocycles. The molecule has 0 saturated heterocycles. The van der Waals surface area contributed by atoms with Crippen molar-refractivity contribution in [2.45, 2.75) is 0 Å². The Morgan fingerprint density at radius 3 is 3.10 bits per heavy atom. The Morgan fingerprint density at radius 2 is 2.35 bits per heavy atom. The smallest absolute Gasteiger partial charge is 0.239 e. The standard InChI is InChI=1S/C12H17N5O2S/c1-17(7-9(18)14-4-5-19-2)10-8-3-6-20-11(8)16-12(13)15-10/h3,6H,4-5,7H2,1-2H3,(H,14,18)(H2,13,15,16). The first kappa shape index (κ1) is 14.5. The SMILES string of the molecule is COCCNC(=O)CN(C)c1nc(N)nc2sccc12. The van der Waals surface area contributed by atoms with E-state index in [0.29, 0.717) is 19.0 Å². The predicted octanol–water partition coefficient (Wildman–Crippen LogP) is 0.472. The fourth-order valence-corrected chi connectivity index (χ4v) is 2.55. The Labute approximate surface area is 120 Å². The molecule has 2 rings (SSSR count). The largest absolute Gasteiger partial charge is 0.383 e. The first-order valence-corrected chi connectivity index (χ1v) is 6.97. The Morgan fingerprint density at radius 1 is 1.55 bits per heavy atom. The fraction of sp³-hybridized carbons (Fsp3) is 0.417. The molecule has 0 saturated carbocycles. The van der Waals surface area contributed by atoms with E-state index in [1.54, 1.807) is 19.1 Å². The minimum atomic E-state index is -0.0925. The van der Waals surface area contributed by atoms with Gasteiger partial charge in [-0.2, -0.15) is 4.98 Å². The van der Waals surface area contributed by atoms with Gasteiger partial charge in [0, 0.05) is 20.7 Å². The minimum Gasteiger partial charge on any atom is -0.383 e. The summed E-state index contributed by atoms with van der Waals surface area (Å²) in [6, 6.07) is 1.92. The van der Waals surface area contributed by atoms with Gasteiger partial charge in [0.05, 0.1) is 18.5 Å². The Kier molecular flexibility index (Phi) is 4.70. The van der Waals surface area contributed by atoms with E-state index in [4.69, 9.17) is 10.5 Å². The molecular formula is C12H17N5O2S. The number of aromatic nitrogens is 2. The zero-order valence-electron chi connectivity index (χ0n) is 11.4. The zero-order valence-corrected chi connectivity index (χ0v) is 12.2. The molecule has 1 amide bonds. The summed E-state index contributed by atoms with van der Waals surface area (Å²) in [5.41, 5.74) is 5.69. The molecule has 0 aromatic carbocycles. The van der Waals surface area contributed by atoms with Crippen LogP contribution in [0.15, 0.2) is 11.4 Å². The highest BCUT2D eigenvalue weighted by Gasteiger charge is 2.14. The number of methoxy groups -OCH3 is 1. The summed E-state index contributed by atoms with van der Waals surface area (Å²) in [4.78, 5) is 22.7. The molecule has 20 heavy (non-hydrogen) atoms. The highest BCUT2D eigenvalue weighted by Crippen LogP contribution is 2.27. The third-order valence-corrected chi connectivity index (χ3v) is 3.50. The van der Waals surface area contributed by atoms with Crippen molar-refractivity contribution in [1.29, 1.82) is 0 Å². The van der Waals surface area contributed by atoms with Crippen molar-refractivity contribution in [3.05, 3.63) is 11.4 Å². The third-order valence-electron chi connectivity index (χ3n) is 2.69. The first-order valence-electron chi connectivity index (χ1n) is 6.09. The molecule has 0 aliphatic heterocycles. The van der Waals surface area contributed by atoms with Crippen molar-refractivity contribution in [3.63, 3.8) is 0 Å². The molecule has 0 spiro atoms. The van der Waals surface area contributed by atoms with Gasteiger partial charge in [0.25, 0.3) is 0 Å². The summed E-state index contributed by atoms with van der Waals surface area (Å²) < 4.78 is 4.88. The molecule has 0 aliphatic rings. The van der Waals surface area contributed by atoms with Gasteiger partial charge >= 0.3 is 0 Å². The van der Waals surface area contributed by atoms with Crippen LogP contribution >= 0.6 is 11.3 Å². The molecule has 7 nitrogen and oxygen atoms in total. The van der Waals surface area contributed by atoms with Crippen molar-refractivity contribution in [1.82, 2.24) is 15.3 Å². The van der Waals surface area contributed by atoms with Crippen molar-refractivity contribution in [3.8, 4) is 0 Å². The molecule has 8 heteroatoms. The second kappa shape index (κ2) is 6.49. The number of fused-ring (bicyclic) bond motifs is 1. The number of amides is 1. The van der Waals surface area contributed by atoms with Crippen LogP contribution in [-0.2, 0) is 9.53 Å². The van der Waals surface area contributed by atoms with Gasteiger partial charge in [0.15, 0.2) is 0 Å². The van der Waals surface area contributed by atoms with Crippen molar-refractivity contribution in [2.75, 3.05) is 44.5 Å². The second-order valence-corrected chi connectivity index (χ2v) is 5.14. The van der Waals surface area contributed by atoms with Crippen molar-refractivity contribution < 1.29 is 9.53 Å². The minimum absolute atomic E-state index is 0.0925. The van der Waals surface area contributed by atoms with Crippen LogP contribution in [0.2, 0.25) is 0 Å². The normalized spacial score (nSPS) is 10.7. The van der Waals surface area contributed by atoms with Crippen LogP contribution in [0.3, 0.4) is 0 Å². The Bertz CT molecular complexity index is 601. The average Bonchev–Trinajstić information content (AvgIpc) is 2.85. The number of hydrogen-bond acceptors (Lipinski definition) is 7. The lowest BCUT2D eigenvalue weighted by atomic mass is 10.3. The van der Waals surface area contributed by atoms with Crippen LogP contribution in [-0.4, -0.2) is 49.7 Å². The lowest BCUT2D eigenvalue weighted by molar-refractivity contribution is -0.119. The van der Waals surface area contributed by atoms with Crippen LogP contribution < -0.4 is 16.0 Å². The average molecular weight is 295 g/mol. The number of nitrogens with one attached hydrogen (secondary N) is 1. The van der Waals surface area contributed by atoms with E-state index in [1.807, 2.05) is 11.4 Å². The Hall–Kier alpha value is -1.93. The summed E-state index contributed by atoms with van der Waals surface area (Å²) in [6.07, 6.45) is 0. The fourth-order valence-electron chi connectivity index (χ4n) is 1.79. The number of carbonyl (C=O) groups is 1. The quantitative estimate of drug-likeness (QED) is 0.753. The number of nitrogens with two attached hydrogens (primary N) is 1. The number of nitrogen functional groups attached to an aromatic ring is 1. The molecule has 0 aliphatic carbocycles. The number of thiophene rings is 1. The third kappa shape index (κ3) is 3.34. The van der Waals surface area contributed by atoms with E-state index in [2.05, 4.69) is 15.3 Å². The number of rotatable bonds is 6. The van der Waals surface area contributed by atoms with Gasteiger partial charge < -0.3 is 20.7 Å². The van der Waals surface area contributed by atoms with Crippen molar-refractivity contribution >= 4 is 39.2 Å². The highest BCUT2D eigenvalue weighted by molar-refractivity contribution is 7.16. The lowest BCUT2D eigenvalue weighted by Gasteiger charge is -2.18. The maximum absolute atomic E-state index is 11.8. The van der Waals surface area contributed by atoms with Gasteiger partial charge in [0.1, 0.15) is 10.6 Å². The van der Waals surface area contributed by atoms with Crippen LogP contribution in [0.1, 0.15) is 0 Å². The highest BCUT2D eigenvalue weighted by atomic mass is 32.1. The molecular weight excluding hydrogens is 278 g/mol. The first-order chi connectivity index (χ1) is 9.61. The van der Waals surface area contributed by atoms with E-state index in [0.717, 1.165) is 10.2 Å². The maximum atomic E-state index is 11.8. The summed E-state index contributed by atoms with van der Waals surface area (Å²) in [5, 5.41) is 5.59. The molecule has 3 N–H and O–H groups in total. The Balaban J connectivity index is 2.09. The molecule has 0 fully saturated rings. The molecule has 0 bridgehead atoms. The van der Waals surface area contributed by atoms with Crippen LogP contribution in [0.5, 0.6) is 0 Å². The molecule has 2 aromatic rings. The van der Waals surface area contributed by atoms with Gasteiger partial charge in [-0.15, -0.1) is 11.3 Å². The lowest BCUT2D eigenvalue weighted by Crippen LogP contribution is -2.37. The van der Waals surface area contributed by atoms with E-state index in [1.165, 1.54) is 11.3 Å². The second-order valence-electron chi connectivity index (χ2n) is 4.24. The number of anilines is 2. The molecule has 0 radical (unpaired) electrons. The number of hydrogen-bond donors (Lipinski definition) is 2. The number of likely N-dealkylation sites (N-methyl/N-ethyl adjacent to an activating group) is 1. The summed E-state index contributed by atoms with van der Waals surface area (Å²) in [6.45, 7) is 1.18. The molecule has 108 valence electrons. The topological polar surface area (TPSA) is 93.4 Å². The van der Waals surface area contributed by atoms with Gasteiger partial charge in [-0.05, 0) is 11.4 Å². The molecule has 0 atom stereocenters. The molecule has 0 unspecified atom stereocenters. The van der Waals surface area contributed by atoms with E-state index in [9.17, 15) is 4.79 Å².